The van der Waals surface area contributed by atoms with Crippen LogP contribution in [0.1, 0.15) is 32.7 Å². The summed E-state index contributed by atoms with van der Waals surface area (Å²) in [6, 6.07) is 12.7. The first-order valence-electron chi connectivity index (χ1n) is 9.35. The van der Waals surface area contributed by atoms with Crippen molar-refractivity contribution in [2.75, 3.05) is 31.6 Å². The van der Waals surface area contributed by atoms with E-state index < -0.39 is 0 Å². The zero-order chi connectivity index (χ0) is 19.5. The molecular formula is C21H21N3O4. The van der Waals surface area contributed by atoms with E-state index in [0.29, 0.717) is 42.1 Å². The molecular weight excluding hydrogens is 358 g/mol. The third-order valence-electron chi connectivity index (χ3n) is 4.88. The van der Waals surface area contributed by atoms with Gasteiger partial charge in [-0.15, -0.1) is 0 Å². The van der Waals surface area contributed by atoms with Crippen LogP contribution in [0, 0.1) is 0 Å². The Balaban J connectivity index is 1.20. The van der Waals surface area contributed by atoms with Gasteiger partial charge in [0.05, 0.1) is 16.8 Å². The molecule has 0 saturated heterocycles. The largest absolute Gasteiger partial charge is 0.482 e. The predicted octanol–water partition coefficient (Wildman–Crippen LogP) is 1.84. The first-order valence-corrected chi connectivity index (χ1v) is 9.35. The van der Waals surface area contributed by atoms with Crippen LogP contribution in [0.5, 0.6) is 5.75 Å². The van der Waals surface area contributed by atoms with Gasteiger partial charge in [0, 0.05) is 6.54 Å². The quantitative estimate of drug-likeness (QED) is 0.566. The van der Waals surface area contributed by atoms with E-state index in [0.717, 1.165) is 18.5 Å². The number of fused-ring (bicyclic) bond motifs is 2. The topological polar surface area (TPSA) is 87.7 Å². The Hall–Kier alpha value is -3.19. The molecule has 7 nitrogen and oxygen atoms in total. The van der Waals surface area contributed by atoms with Gasteiger partial charge in [0.15, 0.2) is 6.61 Å². The molecule has 0 saturated carbocycles. The molecule has 2 aliphatic heterocycles. The molecule has 0 aromatic heterocycles. The lowest BCUT2D eigenvalue weighted by Gasteiger charge is -2.18. The molecule has 0 bridgehead atoms. The van der Waals surface area contributed by atoms with Crippen molar-refractivity contribution in [2.45, 2.75) is 12.8 Å². The average Bonchev–Trinajstić information content (AvgIpc) is 2.95. The smallest absolute Gasteiger partial charge is 0.262 e. The van der Waals surface area contributed by atoms with Gasteiger partial charge in [-0.2, -0.15) is 0 Å². The number of ether oxygens (including phenoxy) is 1. The minimum absolute atomic E-state index is 0.0566. The fourth-order valence-corrected chi connectivity index (χ4v) is 3.45. The van der Waals surface area contributed by atoms with Gasteiger partial charge < -0.3 is 15.4 Å². The molecule has 2 aromatic carbocycles. The van der Waals surface area contributed by atoms with Crippen LogP contribution in [0.2, 0.25) is 0 Å². The highest BCUT2D eigenvalue weighted by molar-refractivity contribution is 6.21. The highest BCUT2D eigenvalue weighted by Gasteiger charge is 2.34. The number of carbonyl (C=O) groups excluding carboxylic acids is 3. The van der Waals surface area contributed by atoms with Gasteiger partial charge in [-0.05, 0) is 55.8 Å². The number of hydrogen-bond acceptors (Lipinski definition) is 5. The third-order valence-corrected chi connectivity index (χ3v) is 4.88. The average molecular weight is 379 g/mol. The number of amides is 3. The summed E-state index contributed by atoms with van der Waals surface area (Å²) in [6.07, 6.45) is 1.50. The lowest BCUT2D eigenvalue weighted by atomic mass is 10.1. The fourth-order valence-electron chi connectivity index (χ4n) is 3.45. The molecule has 0 spiro atoms. The molecule has 4 rings (SSSR count). The van der Waals surface area contributed by atoms with Gasteiger partial charge in [-0.1, -0.05) is 18.2 Å². The second kappa shape index (κ2) is 7.82. The number of rotatable bonds is 7. The molecule has 0 unspecified atom stereocenters. The van der Waals surface area contributed by atoms with Crippen LogP contribution in [-0.4, -0.2) is 48.9 Å². The van der Waals surface area contributed by atoms with E-state index in [2.05, 4.69) is 10.6 Å². The fraction of sp³-hybridized carbons (Fsp3) is 0.286. The van der Waals surface area contributed by atoms with E-state index in [-0.39, 0.29) is 24.3 Å². The standard InChI is InChI=1S/C21H21N3O4/c25-19-13-28-18-7-6-14(12-17(18)23-19)8-10-22-9-3-11-24-20(26)15-4-1-2-5-16(15)21(24)27/h1-2,4-7,12,22H,3,8-11,13H2,(H,23,25). The van der Waals surface area contributed by atoms with Gasteiger partial charge in [0.25, 0.3) is 17.7 Å². The molecule has 0 aliphatic carbocycles. The Morgan fingerprint density at radius 1 is 1.00 bits per heavy atom. The third kappa shape index (κ3) is 3.61. The number of carbonyl (C=O) groups is 3. The molecule has 0 atom stereocenters. The van der Waals surface area contributed by atoms with Crippen molar-refractivity contribution in [3.8, 4) is 5.75 Å². The second-order valence-electron chi connectivity index (χ2n) is 6.83. The van der Waals surface area contributed by atoms with Crippen molar-refractivity contribution in [1.29, 1.82) is 0 Å². The molecule has 0 fully saturated rings. The number of imide groups is 1. The summed E-state index contributed by atoms with van der Waals surface area (Å²) in [5.41, 5.74) is 2.78. The molecule has 3 amide bonds. The van der Waals surface area contributed by atoms with Gasteiger partial charge in [-0.25, -0.2) is 0 Å². The zero-order valence-electron chi connectivity index (χ0n) is 15.4. The van der Waals surface area contributed by atoms with Crippen molar-refractivity contribution >= 4 is 23.4 Å². The van der Waals surface area contributed by atoms with Crippen molar-refractivity contribution < 1.29 is 19.1 Å². The number of nitrogens with one attached hydrogen (secondary N) is 2. The molecule has 2 heterocycles. The maximum Gasteiger partial charge on any atom is 0.262 e. The summed E-state index contributed by atoms with van der Waals surface area (Å²) in [5.74, 6) is 0.131. The van der Waals surface area contributed by atoms with E-state index in [1.807, 2.05) is 18.2 Å². The van der Waals surface area contributed by atoms with Gasteiger partial charge in [0.2, 0.25) is 0 Å². The first-order chi connectivity index (χ1) is 13.6. The summed E-state index contributed by atoms with van der Waals surface area (Å²) in [6.45, 7) is 1.93. The molecule has 2 aliphatic rings. The Kier molecular flexibility index (Phi) is 5.08. The van der Waals surface area contributed by atoms with E-state index in [1.54, 1.807) is 24.3 Å². The number of anilines is 1. The van der Waals surface area contributed by atoms with Gasteiger partial charge in [-0.3, -0.25) is 19.3 Å². The van der Waals surface area contributed by atoms with Crippen LogP contribution in [-0.2, 0) is 11.2 Å². The van der Waals surface area contributed by atoms with Gasteiger partial charge in [0.1, 0.15) is 5.75 Å². The summed E-state index contributed by atoms with van der Waals surface area (Å²) < 4.78 is 5.35. The zero-order valence-corrected chi connectivity index (χ0v) is 15.4. The Morgan fingerprint density at radius 3 is 2.50 bits per heavy atom. The lowest BCUT2D eigenvalue weighted by Crippen LogP contribution is -2.32. The van der Waals surface area contributed by atoms with Crippen LogP contribution in [0.4, 0.5) is 5.69 Å². The monoisotopic (exact) mass is 379 g/mol. The molecule has 2 aromatic rings. The van der Waals surface area contributed by atoms with E-state index in [1.165, 1.54) is 4.90 Å². The molecule has 0 radical (unpaired) electrons. The maximum absolute atomic E-state index is 12.3. The first kappa shape index (κ1) is 18.2. The molecule has 144 valence electrons. The minimum atomic E-state index is -0.209. The molecule has 2 N–H and O–H groups in total. The number of hydrogen-bond donors (Lipinski definition) is 2. The van der Waals surface area contributed by atoms with Crippen LogP contribution >= 0.6 is 0 Å². The van der Waals surface area contributed by atoms with E-state index in [9.17, 15) is 14.4 Å². The van der Waals surface area contributed by atoms with Crippen molar-refractivity contribution in [3.05, 3.63) is 59.2 Å². The highest BCUT2D eigenvalue weighted by Crippen LogP contribution is 2.28. The predicted molar refractivity (Wildman–Crippen MR) is 104 cm³/mol. The SMILES string of the molecule is O=C1COc2ccc(CCNCCCN3C(=O)c4ccccc4C3=O)cc2N1. The lowest BCUT2D eigenvalue weighted by molar-refractivity contribution is -0.118. The Labute approximate surface area is 162 Å². The molecule has 7 heteroatoms. The number of benzene rings is 2. The number of nitrogens with zero attached hydrogens (tertiary/aromatic N) is 1. The van der Waals surface area contributed by atoms with E-state index in [4.69, 9.17) is 4.74 Å². The summed E-state index contributed by atoms with van der Waals surface area (Å²) in [7, 11) is 0. The van der Waals surface area contributed by atoms with Crippen molar-refractivity contribution in [1.82, 2.24) is 10.2 Å². The van der Waals surface area contributed by atoms with Crippen LogP contribution in [0.15, 0.2) is 42.5 Å². The minimum Gasteiger partial charge on any atom is -0.482 e. The van der Waals surface area contributed by atoms with Gasteiger partial charge >= 0.3 is 0 Å². The van der Waals surface area contributed by atoms with Crippen LogP contribution in [0.25, 0.3) is 0 Å². The summed E-state index contributed by atoms with van der Waals surface area (Å²) in [4.78, 5) is 37.3. The van der Waals surface area contributed by atoms with Crippen molar-refractivity contribution in [3.63, 3.8) is 0 Å². The maximum atomic E-state index is 12.3. The Morgan fingerprint density at radius 2 is 1.75 bits per heavy atom. The Bertz CT molecular complexity index is 906. The normalized spacial score (nSPS) is 15.1. The van der Waals surface area contributed by atoms with Crippen molar-refractivity contribution in [2.24, 2.45) is 0 Å². The highest BCUT2D eigenvalue weighted by atomic mass is 16.5. The van der Waals surface area contributed by atoms with E-state index >= 15 is 0 Å². The second-order valence-corrected chi connectivity index (χ2v) is 6.83. The summed E-state index contributed by atoms with van der Waals surface area (Å²) in [5, 5.41) is 6.13. The van der Waals surface area contributed by atoms with Crippen LogP contribution in [0.3, 0.4) is 0 Å². The van der Waals surface area contributed by atoms with Crippen LogP contribution < -0.4 is 15.4 Å². The summed E-state index contributed by atoms with van der Waals surface area (Å²) >= 11 is 0. The molecule has 28 heavy (non-hydrogen) atoms.